The zero-order valence-electron chi connectivity index (χ0n) is 11.5. The van der Waals surface area contributed by atoms with Crippen LogP contribution in [0.5, 0.6) is 5.75 Å². The topological polar surface area (TPSA) is 34.2 Å². The quantitative estimate of drug-likeness (QED) is 0.806. The number of benzene rings is 1. The largest absolute Gasteiger partial charge is 0.496 e. The summed E-state index contributed by atoms with van der Waals surface area (Å²) in [5.74, 6) is 0.878. The highest BCUT2D eigenvalue weighted by molar-refractivity contribution is 5.70. The number of para-hydroxylation sites is 1. The molecule has 0 spiro atoms. The molecule has 0 atom stereocenters. The smallest absolute Gasteiger partial charge is 0.126 e. The lowest BCUT2D eigenvalue weighted by Crippen LogP contribution is -2.13. The van der Waals surface area contributed by atoms with Crippen molar-refractivity contribution in [2.24, 2.45) is 0 Å². The first kappa shape index (κ1) is 13.6. The van der Waals surface area contributed by atoms with Crippen molar-refractivity contribution in [2.45, 2.75) is 19.9 Å². The SMILES string of the molecule is CCCNCc1cncc(-c2ccccc2OC)c1. The van der Waals surface area contributed by atoms with Crippen LogP contribution >= 0.6 is 0 Å². The third kappa shape index (κ3) is 3.55. The van der Waals surface area contributed by atoms with E-state index in [1.807, 2.05) is 30.6 Å². The summed E-state index contributed by atoms with van der Waals surface area (Å²) in [5.41, 5.74) is 3.36. The first-order valence-electron chi connectivity index (χ1n) is 6.63. The molecule has 0 aliphatic heterocycles. The van der Waals surface area contributed by atoms with Crippen LogP contribution in [0.25, 0.3) is 11.1 Å². The average Bonchev–Trinajstić information content (AvgIpc) is 2.48. The Labute approximate surface area is 114 Å². The molecule has 2 aromatic rings. The molecule has 0 radical (unpaired) electrons. The van der Waals surface area contributed by atoms with Gasteiger partial charge in [0.15, 0.2) is 0 Å². The summed E-state index contributed by atoms with van der Waals surface area (Å²) in [6.07, 6.45) is 4.92. The normalized spacial score (nSPS) is 10.4. The van der Waals surface area contributed by atoms with Gasteiger partial charge >= 0.3 is 0 Å². The van der Waals surface area contributed by atoms with Gasteiger partial charge in [0.05, 0.1) is 7.11 Å². The Morgan fingerprint density at radius 2 is 2.05 bits per heavy atom. The minimum absolute atomic E-state index is 0.851. The number of hydrogen-bond acceptors (Lipinski definition) is 3. The Balaban J connectivity index is 2.22. The predicted octanol–water partition coefficient (Wildman–Crippen LogP) is 3.26. The molecule has 2 rings (SSSR count). The van der Waals surface area contributed by atoms with Gasteiger partial charge in [0.1, 0.15) is 5.75 Å². The van der Waals surface area contributed by atoms with Gasteiger partial charge in [-0.15, -0.1) is 0 Å². The molecule has 3 nitrogen and oxygen atoms in total. The van der Waals surface area contributed by atoms with Crippen molar-refractivity contribution in [3.05, 3.63) is 48.3 Å². The number of methoxy groups -OCH3 is 1. The maximum absolute atomic E-state index is 5.39. The van der Waals surface area contributed by atoms with Crippen LogP contribution in [0.3, 0.4) is 0 Å². The lowest BCUT2D eigenvalue weighted by atomic mass is 10.0. The van der Waals surface area contributed by atoms with Crippen molar-refractivity contribution in [3.63, 3.8) is 0 Å². The van der Waals surface area contributed by atoms with Crippen LogP contribution in [0.4, 0.5) is 0 Å². The number of nitrogens with one attached hydrogen (secondary N) is 1. The fourth-order valence-corrected chi connectivity index (χ4v) is 2.02. The molecule has 0 aliphatic rings. The Morgan fingerprint density at radius 1 is 1.21 bits per heavy atom. The van der Waals surface area contributed by atoms with E-state index in [9.17, 15) is 0 Å². The van der Waals surface area contributed by atoms with E-state index in [0.717, 1.165) is 36.4 Å². The summed E-state index contributed by atoms with van der Waals surface area (Å²) in [6, 6.07) is 10.2. The monoisotopic (exact) mass is 256 g/mol. The Kier molecular flexibility index (Phi) is 4.93. The van der Waals surface area contributed by atoms with Gasteiger partial charge in [-0.1, -0.05) is 25.1 Å². The van der Waals surface area contributed by atoms with Crippen molar-refractivity contribution in [3.8, 4) is 16.9 Å². The van der Waals surface area contributed by atoms with E-state index in [-0.39, 0.29) is 0 Å². The molecule has 1 N–H and O–H groups in total. The number of pyridine rings is 1. The average molecular weight is 256 g/mol. The molecule has 0 amide bonds. The first-order chi connectivity index (χ1) is 9.35. The minimum atomic E-state index is 0.851. The number of aromatic nitrogens is 1. The summed E-state index contributed by atoms with van der Waals surface area (Å²) >= 11 is 0. The molecule has 1 aromatic carbocycles. The first-order valence-corrected chi connectivity index (χ1v) is 6.63. The predicted molar refractivity (Wildman–Crippen MR) is 78.2 cm³/mol. The van der Waals surface area contributed by atoms with Crippen molar-refractivity contribution < 1.29 is 4.74 Å². The third-order valence-corrected chi connectivity index (χ3v) is 2.97. The van der Waals surface area contributed by atoms with Gasteiger partial charge in [-0.05, 0) is 30.7 Å². The van der Waals surface area contributed by atoms with Crippen LogP contribution in [0.2, 0.25) is 0 Å². The molecule has 1 aromatic heterocycles. The van der Waals surface area contributed by atoms with Crippen LogP contribution in [-0.2, 0) is 6.54 Å². The standard InChI is InChI=1S/C16H20N2O/c1-3-8-17-10-13-9-14(12-18-11-13)15-6-4-5-7-16(15)19-2/h4-7,9,11-12,17H,3,8,10H2,1-2H3. The van der Waals surface area contributed by atoms with E-state index in [0.29, 0.717) is 0 Å². The third-order valence-electron chi connectivity index (χ3n) is 2.97. The number of hydrogen-bond donors (Lipinski definition) is 1. The van der Waals surface area contributed by atoms with Crippen molar-refractivity contribution in [2.75, 3.05) is 13.7 Å². The molecule has 19 heavy (non-hydrogen) atoms. The Hall–Kier alpha value is -1.87. The van der Waals surface area contributed by atoms with Crippen molar-refractivity contribution in [1.82, 2.24) is 10.3 Å². The number of ether oxygens (including phenoxy) is 1. The Bertz CT molecular complexity index is 526. The number of nitrogens with zero attached hydrogens (tertiary/aromatic N) is 1. The second kappa shape index (κ2) is 6.90. The molecule has 100 valence electrons. The highest BCUT2D eigenvalue weighted by atomic mass is 16.5. The second-order valence-electron chi connectivity index (χ2n) is 4.46. The lowest BCUT2D eigenvalue weighted by molar-refractivity contribution is 0.416. The van der Waals surface area contributed by atoms with Crippen LogP contribution in [0, 0.1) is 0 Å². The van der Waals surface area contributed by atoms with Crippen LogP contribution in [-0.4, -0.2) is 18.6 Å². The minimum Gasteiger partial charge on any atom is -0.496 e. The van der Waals surface area contributed by atoms with E-state index in [1.54, 1.807) is 7.11 Å². The molecule has 3 heteroatoms. The molecule has 0 bridgehead atoms. The van der Waals surface area contributed by atoms with Gasteiger partial charge in [0.2, 0.25) is 0 Å². The van der Waals surface area contributed by atoms with Crippen molar-refractivity contribution in [1.29, 1.82) is 0 Å². The molecular weight excluding hydrogens is 236 g/mol. The lowest BCUT2D eigenvalue weighted by Gasteiger charge is -2.09. The fourth-order valence-electron chi connectivity index (χ4n) is 2.02. The zero-order valence-corrected chi connectivity index (χ0v) is 11.5. The molecule has 1 heterocycles. The highest BCUT2D eigenvalue weighted by Gasteiger charge is 2.05. The van der Waals surface area contributed by atoms with Gasteiger partial charge < -0.3 is 10.1 Å². The van der Waals surface area contributed by atoms with E-state index in [1.165, 1.54) is 5.56 Å². The van der Waals surface area contributed by atoms with Crippen LogP contribution in [0.15, 0.2) is 42.7 Å². The molecule has 0 saturated heterocycles. The van der Waals surface area contributed by atoms with Crippen LogP contribution < -0.4 is 10.1 Å². The fraction of sp³-hybridized carbons (Fsp3) is 0.312. The van der Waals surface area contributed by atoms with E-state index >= 15 is 0 Å². The van der Waals surface area contributed by atoms with Crippen LogP contribution in [0.1, 0.15) is 18.9 Å². The van der Waals surface area contributed by atoms with E-state index in [4.69, 9.17) is 4.74 Å². The van der Waals surface area contributed by atoms with Gasteiger partial charge in [0.25, 0.3) is 0 Å². The summed E-state index contributed by atoms with van der Waals surface area (Å²) < 4.78 is 5.39. The van der Waals surface area contributed by atoms with Gasteiger partial charge in [-0.3, -0.25) is 4.98 Å². The molecule has 0 fully saturated rings. The molecule has 0 saturated carbocycles. The summed E-state index contributed by atoms with van der Waals surface area (Å²) in [7, 11) is 1.69. The van der Waals surface area contributed by atoms with E-state index < -0.39 is 0 Å². The highest BCUT2D eigenvalue weighted by Crippen LogP contribution is 2.29. The van der Waals surface area contributed by atoms with Crippen molar-refractivity contribution >= 4 is 0 Å². The second-order valence-corrected chi connectivity index (χ2v) is 4.46. The maximum atomic E-state index is 5.39. The summed E-state index contributed by atoms with van der Waals surface area (Å²) in [4.78, 5) is 4.32. The molecular formula is C16H20N2O. The summed E-state index contributed by atoms with van der Waals surface area (Å²) in [6.45, 7) is 4.04. The maximum Gasteiger partial charge on any atom is 0.126 e. The molecule has 0 unspecified atom stereocenters. The van der Waals surface area contributed by atoms with E-state index in [2.05, 4.69) is 29.4 Å². The zero-order chi connectivity index (χ0) is 13.5. The number of rotatable bonds is 6. The summed E-state index contributed by atoms with van der Waals surface area (Å²) in [5, 5.41) is 3.39. The Morgan fingerprint density at radius 3 is 2.84 bits per heavy atom. The van der Waals surface area contributed by atoms with Gasteiger partial charge in [0, 0.05) is 30.1 Å². The van der Waals surface area contributed by atoms with Gasteiger partial charge in [-0.2, -0.15) is 0 Å². The van der Waals surface area contributed by atoms with Gasteiger partial charge in [-0.25, -0.2) is 0 Å². The molecule has 0 aliphatic carbocycles.